The fraction of sp³-hybridized carbons (Fsp3) is 0.800. The Kier molecular flexibility index (Phi) is 2.44. The Labute approximate surface area is 82.9 Å². The van der Waals surface area contributed by atoms with Gasteiger partial charge in [-0.3, -0.25) is 4.79 Å². The van der Waals surface area contributed by atoms with E-state index in [1.165, 1.54) is 4.90 Å². The lowest BCUT2D eigenvalue weighted by Crippen LogP contribution is -2.45. The van der Waals surface area contributed by atoms with Crippen molar-refractivity contribution in [3.05, 3.63) is 0 Å². The molecule has 2 fully saturated rings. The molecule has 2 unspecified atom stereocenters. The van der Waals surface area contributed by atoms with Gasteiger partial charge in [-0.05, 0) is 24.7 Å². The Bertz CT molecular complexity index is 264. The summed E-state index contributed by atoms with van der Waals surface area (Å²) >= 11 is 0. The highest BCUT2D eigenvalue weighted by atomic mass is 16.4. The maximum absolute atomic E-state index is 11.2. The van der Waals surface area contributed by atoms with Crippen molar-refractivity contribution in [3.8, 4) is 0 Å². The number of nitrogens with zero attached hydrogens (tertiary/aromatic N) is 1. The maximum Gasteiger partial charge on any atom is 0.407 e. The number of carbonyl (C=O) groups excluding carboxylic acids is 1. The van der Waals surface area contributed by atoms with Crippen LogP contribution >= 0.6 is 0 Å². The number of carboxylic acid groups (broad SMARTS) is 1. The van der Waals surface area contributed by atoms with Crippen LogP contribution in [0.3, 0.4) is 0 Å². The van der Waals surface area contributed by atoms with Crippen LogP contribution in [-0.2, 0) is 4.79 Å². The van der Waals surface area contributed by atoms with Gasteiger partial charge in [-0.2, -0.15) is 0 Å². The molecule has 1 saturated carbocycles. The minimum atomic E-state index is -0.819. The largest absolute Gasteiger partial charge is 0.465 e. The molecule has 1 aliphatic carbocycles. The number of ketones is 1. The third kappa shape index (κ3) is 1.74. The number of amides is 1. The smallest absolute Gasteiger partial charge is 0.407 e. The van der Waals surface area contributed by atoms with Gasteiger partial charge in [0.25, 0.3) is 0 Å². The van der Waals surface area contributed by atoms with Crippen LogP contribution < -0.4 is 0 Å². The van der Waals surface area contributed by atoms with E-state index in [2.05, 4.69) is 0 Å². The normalized spacial score (nSPS) is 32.6. The molecule has 1 aliphatic heterocycles. The highest BCUT2D eigenvalue weighted by molar-refractivity contribution is 5.79. The minimum absolute atomic E-state index is 0.357. The van der Waals surface area contributed by atoms with E-state index in [0.29, 0.717) is 43.6 Å². The summed E-state index contributed by atoms with van der Waals surface area (Å²) in [6.45, 7) is 1.23. The Balaban J connectivity index is 1.98. The van der Waals surface area contributed by atoms with E-state index < -0.39 is 6.09 Å². The molecular weight excluding hydrogens is 182 g/mol. The van der Waals surface area contributed by atoms with Gasteiger partial charge in [0.05, 0.1) is 0 Å². The van der Waals surface area contributed by atoms with E-state index in [4.69, 9.17) is 5.11 Å². The average molecular weight is 197 g/mol. The number of carbonyl (C=O) groups is 2. The molecule has 4 nitrogen and oxygen atoms in total. The topological polar surface area (TPSA) is 57.6 Å². The Morgan fingerprint density at radius 2 is 2.14 bits per heavy atom. The van der Waals surface area contributed by atoms with Gasteiger partial charge in [0, 0.05) is 25.9 Å². The summed E-state index contributed by atoms with van der Waals surface area (Å²) in [7, 11) is 0. The van der Waals surface area contributed by atoms with Gasteiger partial charge in [0.1, 0.15) is 5.78 Å². The molecule has 0 spiro atoms. The predicted octanol–water partition coefficient (Wildman–Crippen LogP) is 1.36. The van der Waals surface area contributed by atoms with Crippen LogP contribution in [0.2, 0.25) is 0 Å². The monoisotopic (exact) mass is 197 g/mol. The number of Topliss-reactive ketones (excluding diaryl/α,β-unsaturated/α-hetero) is 1. The Morgan fingerprint density at radius 3 is 2.86 bits per heavy atom. The molecule has 0 radical (unpaired) electrons. The van der Waals surface area contributed by atoms with Crippen molar-refractivity contribution in [2.75, 3.05) is 13.1 Å². The first-order valence-electron chi connectivity index (χ1n) is 5.16. The van der Waals surface area contributed by atoms with Crippen LogP contribution in [0.1, 0.15) is 25.7 Å². The summed E-state index contributed by atoms with van der Waals surface area (Å²) in [6.07, 6.45) is 2.25. The minimum Gasteiger partial charge on any atom is -0.465 e. The first-order chi connectivity index (χ1) is 6.66. The van der Waals surface area contributed by atoms with Gasteiger partial charge in [-0.25, -0.2) is 4.79 Å². The van der Waals surface area contributed by atoms with Crippen molar-refractivity contribution >= 4 is 11.9 Å². The maximum atomic E-state index is 11.2. The number of hydrogen-bond donors (Lipinski definition) is 1. The van der Waals surface area contributed by atoms with Crippen molar-refractivity contribution in [1.82, 2.24) is 4.90 Å². The molecule has 2 aliphatic rings. The van der Waals surface area contributed by atoms with Crippen LogP contribution in [0.25, 0.3) is 0 Å². The van der Waals surface area contributed by atoms with E-state index in [1.807, 2.05) is 0 Å². The van der Waals surface area contributed by atoms with E-state index in [0.717, 1.165) is 12.8 Å². The van der Waals surface area contributed by atoms with E-state index >= 15 is 0 Å². The van der Waals surface area contributed by atoms with E-state index in [-0.39, 0.29) is 0 Å². The molecule has 2 atom stereocenters. The van der Waals surface area contributed by atoms with Crippen LogP contribution in [0.15, 0.2) is 0 Å². The summed E-state index contributed by atoms with van der Waals surface area (Å²) in [6, 6.07) is 0. The van der Waals surface area contributed by atoms with Gasteiger partial charge in [0.15, 0.2) is 0 Å². The lowest BCUT2D eigenvalue weighted by molar-refractivity contribution is -0.123. The predicted molar refractivity (Wildman–Crippen MR) is 50.1 cm³/mol. The summed E-state index contributed by atoms with van der Waals surface area (Å²) in [5.41, 5.74) is 0. The molecule has 2 rings (SSSR count). The first kappa shape index (κ1) is 9.49. The average Bonchev–Trinajstić information content (AvgIpc) is 2.16. The second kappa shape index (κ2) is 3.59. The molecule has 78 valence electrons. The van der Waals surface area contributed by atoms with Crippen molar-refractivity contribution in [1.29, 1.82) is 0 Å². The van der Waals surface area contributed by atoms with Crippen molar-refractivity contribution < 1.29 is 14.7 Å². The van der Waals surface area contributed by atoms with Crippen molar-refractivity contribution in [3.63, 3.8) is 0 Å². The number of likely N-dealkylation sites (tertiary alicyclic amines) is 1. The molecule has 1 N–H and O–H groups in total. The summed E-state index contributed by atoms with van der Waals surface area (Å²) < 4.78 is 0. The summed E-state index contributed by atoms with van der Waals surface area (Å²) in [5.74, 6) is 1.24. The lowest BCUT2D eigenvalue weighted by atomic mass is 9.75. The molecule has 4 heteroatoms. The summed E-state index contributed by atoms with van der Waals surface area (Å²) in [4.78, 5) is 23.4. The standard InChI is InChI=1S/C10H15NO3/c12-9-2-1-8-6-11(10(13)14)4-3-7(8)5-9/h7-8H,1-6H2,(H,13,14). The van der Waals surface area contributed by atoms with Crippen LogP contribution in [0.4, 0.5) is 4.79 Å². The van der Waals surface area contributed by atoms with Gasteiger partial charge in [-0.15, -0.1) is 0 Å². The number of fused-ring (bicyclic) bond motifs is 1. The SMILES string of the molecule is O=C1CCC2CN(C(=O)O)CCC2C1. The molecule has 0 aromatic carbocycles. The van der Waals surface area contributed by atoms with Gasteiger partial charge < -0.3 is 10.0 Å². The third-order valence-electron chi connectivity index (χ3n) is 3.45. The highest BCUT2D eigenvalue weighted by Crippen LogP contribution is 2.34. The Morgan fingerprint density at radius 1 is 1.36 bits per heavy atom. The lowest BCUT2D eigenvalue weighted by Gasteiger charge is -2.39. The first-order valence-corrected chi connectivity index (χ1v) is 5.16. The second-order valence-corrected chi connectivity index (χ2v) is 4.32. The second-order valence-electron chi connectivity index (χ2n) is 4.32. The molecule has 0 aromatic rings. The van der Waals surface area contributed by atoms with Crippen molar-refractivity contribution in [2.24, 2.45) is 11.8 Å². The zero-order chi connectivity index (χ0) is 10.1. The zero-order valence-electron chi connectivity index (χ0n) is 8.11. The third-order valence-corrected chi connectivity index (χ3v) is 3.45. The number of piperidine rings is 1. The van der Waals surface area contributed by atoms with Crippen LogP contribution in [0, 0.1) is 11.8 Å². The number of rotatable bonds is 0. The fourth-order valence-corrected chi connectivity index (χ4v) is 2.59. The molecule has 1 heterocycles. The van der Waals surface area contributed by atoms with Gasteiger partial charge >= 0.3 is 6.09 Å². The van der Waals surface area contributed by atoms with E-state index in [1.54, 1.807) is 0 Å². The van der Waals surface area contributed by atoms with E-state index in [9.17, 15) is 9.59 Å². The molecular formula is C10H15NO3. The van der Waals surface area contributed by atoms with Crippen LogP contribution in [-0.4, -0.2) is 35.0 Å². The van der Waals surface area contributed by atoms with Gasteiger partial charge in [0.2, 0.25) is 0 Å². The zero-order valence-corrected chi connectivity index (χ0v) is 8.11. The summed E-state index contributed by atoms with van der Waals surface area (Å²) in [5, 5.41) is 8.84. The molecule has 0 bridgehead atoms. The quantitative estimate of drug-likeness (QED) is 0.637. The van der Waals surface area contributed by atoms with Crippen molar-refractivity contribution in [2.45, 2.75) is 25.7 Å². The Hall–Kier alpha value is -1.06. The molecule has 14 heavy (non-hydrogen) atoms. The number of hydrogen-bond acceptors (Lipinski definition) is 2. The molecule has 1 amide bonds. The highest BCUT2D eigenvalue weighted by Gasteiger charge is 2.35. The van der Waals surface area contributed by atoms with Crippen LogP contribution in [0.5, 0.6) is 0 Å². The van der Waals surface area contributed by atoms with Gasteiger partial charge in [-0.1, -0.05) is 0 Å². The fourth-order valence-electron chi connectivity index (χ4n) is 2.59. The molecule has 0 aromatic heterocycles. The molecule has 1 saturated heterocycles.